The molecule has 2 saturated carbocycles. The lowest BCUT2D eigenvalue weighted by molar-refractivity contribution is -0.231. The van der Waals surface area contributed by atoms with Crippen molar-refractivity contribution in [1.82, 2.24) is 4.90 Å². The number of aliphatic hydroxyl groups excluding tert-OH is 2. The van der Waals surface area contributed by atoms with Gasteiger partial charge in [0.25, 0.3) is 0 Å². The van der Waals surface area contributed by atoms with Gasteiger partial charge in [-0.2, -0.15) is 0 Å². The van der Waals surface area contributed by atoms with Gasteiger partial charge < -0.3 is 43.9 Å². The number of esters is 1. The number of nitrogens with zero attached hydrogens (tertiary/aromatic N) is 1. The zero-order valence-electron chi connectivity index (χ0n) is 28.4. The highest BCUT2D eigenvalue weighted by Crippen LogP contribution is 2.61. The molecular formula is C35H56ClNO9. The first-order valence-electron chi connectivity index (χ1n) is 16.9. The average Bonchev–Trinajstić information content (AvgIpc) is 3.61. The summed E-state index contributed by atoms with van der Waals surface area (Å²) in [5.74, 6) is 1.59. The Morgan fingerprint density at radius 2 is 1.89 bits per heavy atom. The van der Waals surface area contributed by atoms with Crippen LogP contribution in [0.25, 0.3) is 0 Å². The first-order valence-corrected chi connectivity index (χ1v) is 16.9. The van der Waals surface area contributed by atoms with Gasteiger partial charge >= 0.3 is 5.97 Å². The second kappa shape index (κ2) is 15.4. The minimum absolute atomic E-state index is 0. The Hall–Kier alpha value is -1.50. The number of aryl methyl sites for hydroxylation is 1. The molecule has 1 aromatic carbocycles. The fourth-order valence-corrected chi connectivity index (χ4v) is 8.66. The van der Waals surface area contributed by atoms with Gasteiger partial charge in [-0.1, -0.05) is 19.9 Å². The maximum absolute atomic E-state index is 11.8. The van der Waals surface area contributed by atoms with Gasteiger partial charge in [0.1, 0.15) is 36.3 Å². The summed E-state index contributed by atoms with van der Waals surface area (Å²) in [4.78, 5) is 13.9. The van der Waals surface area contributed by atoms with Crippen LogP contribution in [0.3, 0.4) is 0 Å². The van der Waals surface area contributed by atoms with E-state index < -0.39 is 30.4 Å². The number of carbonyl (C=O) groups is 1. The lowest BCUT2D eigenvalue weighted by Gasteiger charge is -2.50. The predicted octanol–water partition coefficient (Wildman–Crippen LogP) is 4.54. The number of rotatable bonds is 9. The van der Waals surface area contributed by atoms with Crippen LogP contribution in [-0.4, -0.2) is 103 Å². The van der Waals surface area contributed by atoms with Gasteiger partial charge in [0, 0.05) is 18.4 Å². The molecule has 1 aromatic rings. The molecule has 262 valence electrons. The molecular weight excluding hydrogens is 614 g/mol. The third-order valence-electron chi connectivity index (χ3n) is 10.8. The van der Waals surface area contributed by atoms with Gasteiger partial charge in [-0.3, -0.25) is 4.79 Å². The Morgan fingerprint density at radius 3 is 2.59 bits per heavy atom. The fourth-order valence-electron chi connectivity index (χ4n) is 8.66. The smallest absolute Gasteiger partial charge is 0.305 e. The Morgan fingerprint density at radius 1 is 1.13 bits per heavy atom. The van der Waals surface area contributed by atoms with Gasteiger partial charge in [0.2, 0.25) is 0 Å². The second-order valence-corrected chi connectivity index (χ2v) is 14.6. The first kappa shape index (κ1) is 37.3. The molecule has 3 N–H and O–H groups in total. The molecule has 11 heteroatoms. The Kier molecular flexibility index (Phi) is 12.5. The van der Waals surface area contributed by atoms with Crippen molar-refractivity contribution >= 4 is 18.4 Å². The standard InChI is InChI=1S/C21H28O3.C14H27NO6.ClH/c1-3-20(23)24-19-9-8-18-17-6-4-13-12-14(22)5-7-15(13)16(17)10-11-21(18,19)2;1-14(2)20-12-11(18-7-5-6-15(3)4)10(9(17)8-16)19-13(12)21-14;/h5,7,12,16-19,22H,3-4,6,8-11H2,1-2H3;9-13,16-17H,5-8H2,1-4H3;1H. The molecule has 2 saturated heterocycles. The van der Waals surface area contributed by atoms with Gasteiger partial charge in [-0.05, 0) is 120 Å². The van der Waals surface area contributed by atoms with E-state index in [4.69, 9.17) is 28.8 Å². The van der Waals surface area contributed by atoms with E-state index >= 15 is 0 Å². The molecule has 0 amide bonds. The van der Waals surface area contributed by atoms with E-state index in [1.54, 1.807) is 0 Å². The fraction of sp³-hybridized carbons (Fsp3) is 0.800. The number of hydrogen-bond acceptors (Lipinski definition) is 10. The van der Waals surface area contributed by atoms with Crippen molar-refractivity contribution in [2.45, 2.75) is 128 Å². The number of carbonyl (C=O) groups excluding carboxylic acids is 1. The number of aromatic hydroxyl groups is 1. The largest absolute Gasteiger partial charge is 0.508 e. The number of hydrogen-bond donors (Lipinski definition) is 3. The lowest BCUT2D eigenvalue weighted by Crippen LogP contribution is -2.45. The van der Waals surface area contributed by atoms with Crippen molar-refractivity contribution in [2.75, 3.05) is 33.9 Å². The number of benzene rings is 1. The Balaban J connectivity index is 0.000000207. The molecule has 3 aliphatic carbocycles. The minimum atomic E-state index is -1.01. The van der Waals surface area contributed by atoms with Crippen LogP contribution in [0.1, 0.15) is 89.7 Å². The molecule has 0 bridgehead atoms. The summed E-state index contributed by atoms with van der Waals surface area (Å²) >= 11 is 0. The minimum Gasteiger partial charge on any atom is -0.508 e. The maximum Gasteiger partial charge on any atom is 0.305 e. The van der Waals surface area contributed by atoms with Crippen LogP contribution in [0, 0.1) is 17.3 Å². The van der Waals surface area contributed by atoms with E-state index in [-0.39, 0.29) is 42.6 Å². The number of phenolic OH excluding ortho intramolecular Hbond substituents is 1. The van der Waals surface area contributed by atoms with Crippen molar-refractivity contribution in [2.24, 2.45) is 17.3 Å². The normalized spacial score (nSPS) is 35.9. The van der Waals surface area contributed by atoms with Crippen LogP contribution >= 0.6 is 12.4 Å². The predicted molar refractivity (Wildman–Crippen MR) is 175 cm³/mol. The summed E-state index contributed by atoms with van der Waals surface area (Å²) in [6, 6.07) is 5.95. The summed E-state index contributed by atoms with van der Waals surface area (Å²) in [5, 5.41) is 28.8. The highest BCUT2D eigenvalue weighted by Gasteiger charge is 2.57. The quantitative estimate of drug-likeness (QED) is 0.255. The molecule has 10 atom stereocenters. The zero-order valence-corrected chi connectivity index (χ0v) is 29.2. The maximum atomic E-state index is 11.8. The van der Waals surface area contributed by atoms with Gasteiger partial charge in [0.05, 0.1) is 6.61 Å². The molecule has 10 unspecified atom stereocenters. The van der Waals surface area contributed by atoms with Crippen molar-refractivity contribution in [3.8, 4) is 5.75 Å². The summed E-state index contributed by atoms with van der Waals surface area (Å²) in [6.45, 7) is 8.93. The van der Waals surface area contributed by atoms with Crippen molar-refractivity contribution in [3.05, 3.63) is 29.3 Å². The first-order chi connectivity index (χ1) is 21.4. The average molecular weight is 670 g/mol. The monoisotopic (exact) mass is 669 g/mol. The third kappa shape index (κ3) is 7.86. The molecule has 10 nitrogen and oxygen atoms in total. The van der Waals surface area contributed by atoms with Crippen molar-refractivity contribution < 1.29 is 43.8 Å². The topological polar surface area (TPSA) is 127 Å². The van der Waals surface area contributed by atoms with Crippen LogP contribution < -0.4 is 0 Å². The molecule has 2 heterocycles. The molecule has 0 radical (unpaired) electrons. The molecule has 5 aliphatic rings. The van der Waals surface area contributed by atoms with E-state index in [0.717, 1.165) is 32.2 Å². The summed E-state index contributed by atoms with van der Waals surface area (Å²) in [7, 11) is 4.01. The summed E-state index contributed by atoms with van der Waals surface area (Å²) in [5.41, 5.74) is 2.95. The van der Waals surface area contributed by atoms with E-state index in [1.165, 1.54) is 30.4 Å². The number of aliphatic hydroxyl groups is 2. The van der Waals surface area contributed by atoms with E-state index in [9.17, 15) is 15.0 Å². The Labute approximate surface area is 280 Å². The summed E-state index contributed by atoms with van der Waals surface area (Å²) < 4.78 is 28.8. The van der Waals surface area contributed by atoms with Gasteiger partial charge in [0.15, 0.2) is 12.1 Å². The Bertz CT molecular complexity index is 1170. The summed E-state index contributed by atoms with van der Waals surface area (Å²) in [6.07, 6.45) is 5.21. The molecule has 46 heavy (non-hydrogen) atoms. The van der Waals surface area contributed by atoms with Crippen molar-refractivity contribution in [3.63, 3.8) is 0 Å². The van der Waals surface area contributed by atoms with Crippen LogP contribution in [0.5, 0.6) is 5.75 Å². The molecule has 6 rings (SSSR count). The van der Waals surface area contributed by atoms with Crippen LogP contribution in [0.2, 0.25) is 0 Å². The van der Waals surface area contributed by atoms with E-state index in [2.05, 4.69) is 17.9 Å². The number of fused-ring (bicyclic) bond motifs is 6. The highest BCUT2D eigenvalue weighted by molar-refractivity contribution is 5.85. The molecule has 0 spiro atoms. The van der Waals surface area contributed by atoms with Crippen molar-refractivity contribution in [1.29, 1.82) is 0 Å². The SMILES string of the molecule is CCC(=O)OC1CCC2C3CCc4cc(O)ccc4C3CCC12C.CN(C)CCCOC1C(C(O)CO)OC2OC(C)(C)OC21.Cl. The molecule has 2 aliphatic heterocycles. The number of ether oxygens (including phenoxy) is 5. The van der Waals surface area contributed by atoms with Crippen LogP contribution in [0.4, 0.5) is 0 Å². The van der Waals surface area contributed by atoms with Crippen LogP contribution in [-0.2, 0) is 34.9 Å². The molecule has 0 aromatic heterocycles. The van der Waals surface area contributed by atoms with Gasteiger partial charge in [-0.25, -0.2) is 0 Å². The third-order valence-corrected chi connectivity index (χ3v) is 10.8. The number of halogens is 1. The molecule has 4 fully saturated rings. The number of phenols is 1. The second-order valence-electron chi connectivity index (χ2n) is 14.6. The van der Waals surface area contributed by atoms with Gasteiger partial charge in [-0.15, -0.1) is 12.4 Å². The lowest BCUT2D eigenvalue weighted by atomic mass is 9.55. The zero-order chi connectivity index (χ0) is 32.5. The highest BCUT2D eigenvalue weighted by atomic mass is 35.5. The van der Waals surface area contributed by atoms with E-state index in [0.29, 0.717) is 36.5 Å². The van der Waals surface area contributed by atoms with Crippen LogP contribution in [0.15, 0.2) is 18.2 Å². The van der Waals surface area contributed by atoms with E-state index in [1.807, 2.05) is 47.0 Å².